The number of hydrogen-bond acceptors (Lipinski definition) is 2. The maximum atomic E-state index is 13.6. The third-order valence-electron chi connectivity index (χ3n) is 4.55. The molecule has 1 aliphatic heterocycles. The molecular weight excluding hydrogens is 442 g/mol. The molecule has 2 aromatic carbocycles. The smallest absolute Gasteiger partial charge is 0.348 e. The van der Waals surface area contributed by atoms with E-state index in [-0.39, 0.29) is 27.6 Å². The average Bonchev–Trinajstić information content (AvgIpc) is 2.56. The van der Waals surface area contributed by atoms with Crippen molar-refractivity contribution in [2.45, 2.75) is 25.1 Å². The highest BCUT2D eigenvalue weighted by Crippen LogP contribution is 2.38. The third-order valence-corrected chi connectivity index (χ3v) is 6.26. The van der Waals surface area contributed by atoms with Crippen molar-refractivity contribution < 1.29 is 18.0 Å². The fraction of sp³-hybridized carbons (Fsp3) is 0.286. The molecule has 2 aromatic rings. The number of amides is 1. The van der Waals surface area contributed by atoms with Gasteiger partial charge in [0, 0.05) is 33.2 Å². The minimum absolute atomic E-state index is 0.0302. The number of thioether (sulfide) groups is 1. The highest BCUT2D eigenvalue weighted by Gasteiger charge is 2.39. The molecule has 2 nitrogen and oxygen atoms in total. The molecule has 0 aromatic heterocycles. The van der Waals surface area contributed by atoms with E-state index in [0.29, 0.717) is 16.7 Å². The molecule has 0 bridgehead atoms. The second-order valence-electron chi connectivity index (χ2n) is 6.86. The van der Waals surface area contributed by atoms with Crippen molar-refractivity contribution in [2.24, 2.45) is 0 Å². The lowest BCUT2D eigenvalue weighted by Gasteiger charge is -2.26. The van der Waals surface area contributed by atoms with Crippen LogP contribution in [-0.2, 0) is 0 Å². The van der Waals surface area contributed by atoms with Gasteiger partial charge in [-0.15, -0.1) is 0 Å². The van der Waals surface area contributed by atoms with Crippen LogP contribution in [0.1, 0.15) is 33.0 Å². The minimum Gasteiger partial charge on any atom is -0.348 e. The molecule has 0 radical (unpaired) electrons. The van der Waals surface area contributed by atoms with Crippen LogP contribution in [0.2, 0.25) is 10.0 Å². The Bertz CT molecular complexity index is 922. The number of nitrogens with one attached hydrogen (secondary N) is 1. The van der Waals surface area contributed by atoms with Gasteiger partial charge in [0.1, 0.15) is 0 Å². The summed E-state index contributed by atoms with van der Waals surface area (Å²) in [6, 6.07) is 9.05. The first-order chi connectivity index (χ1) is 13.6. The number of aryl methyl sites for hydroxylation is 1. The number of halogens is 5. The van der Waals surface area contributed by atoms with Gasteiger partial charge < -0.3 is 5.32 Å². The maximum Gasteiger partial charge on any atom is 0.399 e. The topological polar surface area (TPSA) is 29.1 Å². The summed E-state index contributed by atoms with van der Waals surface area (Å²) in [5.74, 6) is -0.209. The van der Waals surface area contributed by atoms with E-state index in [2.05, 4.69) is 5.32 Å². The molecule has 1 atom stereocenters. The second-order valence-corrected chi connectivity index (χ2v) is 8.81. The van der Waals surface area contributed by atoms with Crippen molar-refractivity contribution in [1.82, 2.24) is 5.32 Å². The van der Waals surface area contributed by atoms with E-state index in [4.69, 9.17) is 23.2 Å². The molecule has 1 N–H and O–H groups in total. The van der Waals surface area contributed by atoms with E-state index in [1.807, 2.05) is 0 Å². The predicted molar refractivity (Wildman–Crippen MR) is 114 cm³/mol. The van der Waals surface area contributed by atoms with Crippen LogP contribution in [0.15, 0.2) is 42.5 Å². The van der Waals surface area contributed by atoms with Gasteiger partial charge in [0.25, 0.3) is 5.91 Å². The summed E-state index contributed by atoms with van der Waals surface area (Å²) in [6.07, 6.45) is -2.04. The Labute approximate surface area is 181 Å². The molecule has 29 heavy (non-hydrogen) atoms. The minimum atomic E-state index is -4.50. The van der Waals surface area contributed by atoms with Crippen LogP contribution in [-0.4, -0.2) is 29.6 Å². The first-order valence-electron chi connectivity index (χ1n) is 8.83. The molecule has 1 unspecified atom stereocenters. The lowest BCUT2D eigenvalue weighted by molar-refractivity contribution is -0.139. The largest absolute Gasteiger partial charge is 0.399 e. The van der Waals surface area contributed by atoms with Crippen molar-refractivity contribution in [3.05, 3.63) is 74.8 Å². The quantitative estimate of drug-likeness (QED) is 0.552. The van der Waals surface area contributed by atoms with E-state index in [0.717, 1.165) is 17.6 Å². The standard InChI is InChI=1S/C21H18Cl2F3NOS/c1-12-6-13(2-4-18(12)20(28)27-17-10-29-11-17)3-5-19(21(24,25)26)14-7-15(22)9-16(23)8-14/h2-9,17,19H,10-11H2,1H3,(H,27,28). The zero-order valence-electron chi connectivity index (χ0n) is 15.4. The summed E-state index contributed by atoms with van der Waals surface area (Å²) in [5, 5.41) is 3.23. The molecule has 1 saturated heterocycles. The summed E-state index contributed by atoms with van der Waals surface area (Å²) in [5.41, 5.74) is 1.76. The van der Waals surface area contributed by atoms with E-state index in [1.165, 1.54) is 24.3 Å². The van der Waals surface area contributed by atoms with E-state index in [1.54, 1.807) is 36.9 Å². The summed E-state index contributed by atoms with van der Waals surface area (Å²) >= 11 is 13.5. The normalized spacial score (nSPS) is 15.9. The van der Waals surface area contributed by atoms with Crippen LogP contribution in [0.25, 0.3) is 6.08 Å². The van der Waals surface area contributed by atoms with E-state index in [9.17, 15) is 18.0 Å². The first-order valence-corrected chi connectivity index (χ1v) is 10.7. The Hall–Kier alpha value is -1.63. The molecule has 1 heterocycles. The van der Waals surface area contributed by atoms with Crippen LogP contribution in [0.4, 0.5) is 13.2 Å². The van der Waals surface area contributed by atoms with Crippen molar-refractivity contribution >= 4 is 46.9 Å². The van der Waals surface area contributed by atoms with Crippen LogP contribution < -0.4 is 5.32 Å². The Morgan fingerprint density at radius 3 is 2.34 bits per heavy atom. The monoisotopic (exact) mass is 459 g/mol. The third kappa shape index (κ3) is 5.71. The highest BCUT2D eigenvalue weighted by molar-refractivity contribution is 8.00. The van der Waals surface area contributed by atoms with Gasteiger partial charge >= 0.3 is 6.18 Å². The Morgan fingerprint density at radius 2 is 1.83 bits per heavy atom. The summed E-state index contributed by atoms with van der Waals surface area (Å²) in [7, 11) is 0. The SMILES string of the molecule is Cc1cc(C=CC(c2cc(Cl)cc(Cl)c2)C(F)(F)F)ccc1C(=O)NC1CSC1. The number of carbonyl (C=O) groups is 1. The Morgan fingerprint density at radius 1 is 1.17 bits per heavy atom. The first kappa shape index (κ1) is 22.1. The second kappa shape index (κ2) is 9.02. The molecule has 1 aliphatic rings. The lowest BCUT2D eigenvalue weighted by Crippen LogP contribution is -2.44. The summed E-state index contributed by atoms with van der Waals surface area (Å²) in [6.45, 7) is 1.76. The molecule has 154 valence electrons. The van der Waals surface area contributed by atoms with Crippen molar-refractivity contribution in [2.75, 3.05) is 11.5 Å². The zero-order chi connectivity index (χ0) is 21.2. The zero-order valence-corrected chi connectivity index (χ0v) is 17.7. The Kier molecular flexibility index (Phi) is 6.87. The molecular formula is C21H18Cl2F3NOS. The van der Waals surface area contributed by atoms with Crippen molar-refractivity contribution in [3.8, 4) is 0 Å². The lowest BCUT2D eigenvalue weighted by atomic mass is 9.96. The van der Waals surface area contributed by atoms with Gasteiger partial charge in [0.15, 0.2) is 0 Å². The molecule has 1 amide bonds. The van der Waals surface area contributed by atoms with Gasteiger partial charge in [-0.3, -0.25) is 4.79 Å². The van der Waals surface area contributed by atoms with Crippen molar-refractivity contribution in [3.63, 3.8) is 0 Å². The fourth-order valence-corrected chi connectivity index (χ4v) is 4.18. The molecule has 1 fully saturated rings. The number of carbonyl (C=O) groups excluding carboxylic acids is 1. The molecule has 0 saturated carbocycles. The fourth-order valence-electron chi connectivity index (χ4n) is 3.00. The number of benzene rings is 2. The van der Waals surface area contributed by atoms with Gasteiger partial charge in [0.05, 0.1) is 5.92 Å². The predicted octanol–water partition coefficient (Wildman–Crippen LogP) is 6.51. The number of alkyl halides is 3. The highest BCUT2D eigenvalue weighted by atomic mass is 35.5. The van der Waals surface area contributed by atoms with Crippen molar-refractivity contribution in [1.29, 1.82) is 0 Å². The van der Waals surface area contributed by atoms with Crippen LogP contribution >= 0.6 is 35.0 Å². The molecule has 8 heteroatoms. The molecule has 0 aliphatic carbocycles. The van der Waals surface area contributed by atoms with Gasteiger partial charge in [0.2, 0.25) is 0 Å². The molecule has 3 rings (SSSR count). The van der Waals surface area contributed by atoms with Gasteiger partial charge in [-0.25, -0.2) is 0 Å². The Balaban J connectivity index is 1.82. The van der Waals surface area contributed by atoms with E-state index < -0.39 is 12.1 Å². The van der Waals surface area contributed by atoms with Crippen LogP contribution in [0, 0.1) is 6.92 Å². The van der Waals surface area contributed by atoms with Crippen LogP contribution in [0.3, 0.4) is 0 Å². The number of hydrogen-bond donors (Lipinski definition) is 1. The van der Waals surface area contributed by atoms with Gasteiger partial charge in [-0.05, 0) is 47.9 Å². The number of rotatable bonds is 5. The maximum absolute atomic E-state index is 13.6. The van der Waals surface area contributed by atoms with E-state index >= 15 is 0 Å². The van der Waals surface area contributed by atoms with Gasteiger partial charge in [-0.1, -0.05) is 47.5 Å². The van der Waals surface area contributed by atoms with Crippen LogP contribution in [0.5, 0.6) is 0 Å². The average molecular weight is 460 g/mol. The number of allylic oxidation sites excluding steroid dienone is 1. The summed E-state index contributed by atoms with van der Waals surface area (Å²) < 4.78 is 40.8. The van der Waals surface area contributed by atoms with Gasteiger partial charge in [-0.2, -0.15) is 24.9 Å². The molecule has 0 spiro atoms. The summed E-state index contributed by atoms with van der Waals surface area (Å²) in [4.78, 5) is 12.3.